The Balaban J connectivity index is 1.56. The van der Waals surface area contributed by atoms with Gasteiger partial charge in [-0.1, -0.05) is 11.9 Å². The van der Waals surface area contributed by atoms with Crippen LogP contribution < -0.4 is 15.4 Å². The number of H-pyrrole nitrogens is 1. The number of aromatic amines is 1. The van der Waals surface area contributed by atoms with Crippen molar-refractivity contribution in [2.45, 2.75) is 36.9 Å². The predicted molar refractivity (Wildman–Crippen MR) is 110 cm³/mol. The average Bonchev–Trinajstić information content (AvgIpc) is 3.20. The Morgan fingerprint density at radius 2 is 1.90 bits per heavy atom. The van der Waals surface area contributed by atoms with Crippen LogP contribution in [0.15, 0.2) is 16.9 Å². The van der Waals surface area contributed by atoms with Gasteiger partial charge in [0.2, 0.25) is 0 Å². The molecule has 0 bridgehead atoms. The van der Waals surface area contributed by atoms with E-state index in [1.807, 2.05) is 11.8 Å². The minimum atomic E-state index is -4.41. The molecule has 0 spiro atoms. The van der Waals surface area contributed by atoms with Gasteiger partial charge < -0.3 is 24.3 Å². The first-order valence-electron chi connectivity index (χ1n) is 10.2. The molecular formula is C19H27F3N4O3S. The molecule has 11 heteroatoms. The Morgan fingerprint density at radius 1 is 1.10 bits per heavy atom. The highest BCUT2D eigenvalue weighted by molar-refractivity contribution is 7.97. The van der Waals surface area contributed by atoms with E-state index < -0.39 is 17.8 Å². The van der Waals surface area contributed by atoms with E-state index in [4.69, 9.17) is 9.47 Å². The van der Waals surface area contributed by atoms with Crippen molar-refractivity contribution in [2.24, 2.45) is 0 Å². The summed E-state index contributed by atoms with van der Waals surface area (Å²) in [5.74, 6) is 0.215. The molecule has 7 nitrogen and oxygen atoms in total. The Morgan fingerprint density at radius 3 is 2.60 bits per heavy atom. The smallest absolute Gasteiger partial charge is 0.380 e. The average molecular weight is 449 g/mol. The van der Waals surface area contributed by atoms with Crippen molar-refractivity contribution in [2.75, 3.05) is 62.4 Å². The van der Waals surface area contributed by atoms with Crippen molar-refractivity contribution in [3.8, 4) is 0 Å². The fourth-order valence-electron chi connectivity index (χ4n) is 4.17. The highest BCUT2D eigenvalue weighted by atomic mass is 32.2. The second-order valence-electron chi connectivity index (χ2n) is 7.94. The fraction of sp³-hybridized carbons (Fsp3) is 0.737. The van der Waals surface area contributed by atoms with Crippen molar-refractivity contribution < 1.29 is 22.6 Å². The summed E-state index contributed by atoms with van der Waals surface area (Å²) in [5, 5.41) is 0.205. The number of aromatic nitrogens is 1. The molecule has 4 heterocycles. The van der Waals surface area contributed by atoms with Crippen LogP contribution in [0, 0.1) is 0 Å². The Kier molecular flexibility index (Phi) is 6.52. The normalized spacial score (nSPS) is 28.9. The van der Waals surface area contributed by atoms with Gasteiger partial charge >= 0.3 is 6.18 Å². The molecule has 3 aliphatic rings. The summed E-state index contributed by atoms with van der Waals surface area (Å²) in [7, 11) is 0. The van der Waals surface area contributed by atoms with E-state index >= 15 is 0 Å². The maximum absolute atomic E-state index is 14.0. The molecule has 0 radical (unpaired) electrons. The first-order valence-corrected chi connectivity index (χ1v) is 11.1. The molecule has 3 unspecified atom stereocenters. The molecule has 30 heavy (non-hydrogen) atoms. The van der Waals surface area contributed by atoms with Gasteiger partial charge in [0.05, 0.1) is 19.8 Å². The molecule has 3 atom stereocenters. The maximum Gasteiger partial charge on any atom is 0.410 e. The minimum Gasteiger partial charge on any atom is -0.380 e. The lowest BCUT2D eigenvalue weighted by molar-refractivity contribution is -0.153. The first kappa shape index (κ1) is 21.8. The van der Waals surface area contributed by atoms with Crippen LogP contribution >= 0.6 is 11.9 Å². The van der Waals surface area contributed by atoms with Crippen LogP contribution in [-0.2, 0) is 9.47 Å². The zero-order chi connectivity index (χ0) is 21.3. The summed E-state index contributed by atoms with van der Waals surface area (Å²) >= 11 is 1.46. The van der Waals surface area contributed by atoms with E-state index in [9.17, 15) is 18.0 Å². The molecule has 0 amide bonds. The number of nitrogens with zero attached hydrogens (tertiary/aromatic N) is 3. The molecule has 168 valence electrons. The lowest BCUT2D eigenvalue weighted by Gasteiger charge is -2.43. The molecular weight excluding hydrogens is 421 g/mol. The summed E-state index contributed by atoms with van der Waals surface area (Å²) in [6.07, 6.45) is -3.56. The fourth-order valence-corrected chi connectivity index (χ4v) is 5.37. The van der Waals surface area contributed by atoms with Crippen LogP contribution in [0.25, 0.3) is 0 Å². The number of nitrogens with one attached hydrogen (secondary N) is 1. The highest BCUT2D eigenvalue weighted by Gasteiger charge is 2.47. The van der Waals surface area contributed by atoms with Crippen LogP contribution in [-0.4, -0.2) is 85.4 Å². The second kappa shape index (κ2) is 8.97. The van der Waals surface area contributed by atoms with Gasteiger partial charge in [-0.15, -0.1) is 0 Å². The van der Waals surface area contributed by atoms with Gasteiger partial charge in [0.15, 0.2) is 0 Å². The lowest BCUT2D eigenvalue weighted by atomic mass is 10.1. The number of ether oxygens (including phenoxy) is 2. The summed E-state index contributed by atoms with van der Waals surface area (Å²) in [6, 6.07) is 1.47. The van der Waals surface area contributed by atoms with Gasteiger partial charge in [-0.25, -0.2) is 4.31 Å². The van der Waals surface area contributed by atoms with Crippen molar-refractivity contribution in [1.29, 1.82) is 0 Å². The summed E-state index contributed by atoms with van der Waals surface area (Å²) in [5.41, 5.74) is 0.229. The van der Waals surface area contributed by atoms with E-state index in [2.05, 4.69) is 4.98 Å². The standard InChI is InChI=1S/C19H27F3N4O3S/c1-13-11-29-7-5-25(13)14-8-17(23-18(27)9-14)26-4-3-24(10-16(26)19(20,21)22)30-15-2-6-28-12-15/h8-9,13,15-16H,2-7,10-12H2,1H3,(H,23,27). The third-order valence-corrected chi connectivity index (χ3v) is 7.03. The van der Waals surface area contributed by atoms with Gasteiger partial charge in [0.25, 0.3) is 5.56 Å². The number of piperazine rings is 1. The number of hydrogen-bond acceptors (Lipinski definition) is 7. The molecule has 0 aliphatic carbocycles. The Bertz CT molecular complexity index is 787. The van der Waals surface area contributed by atoms with Gasteiger partial charge in [0.1, 0.15) is 11.9 Å². The van der Waals surface area contributed by atoms with Gasteiger partial charge in [-0.2, -0.15) is 13.2 Å². The highest BCUT2D eigenvalue weighted by Crippen LogP contribution is 2.35. The Hall–Kier alpha value is -1.43. The van der Waals surface area contributed by atoms with Gasteiger partial charge in [-0.05, 0) is 13.3 Å². The first-order chi connectivity index (χ1) is 14.3. The van der Waals surface area contributed by atoms with Crippen LogP contribution in [0.3, 0.4) is 0 Å². The third kappa shape index (κ3) is 4.90. The quantitative estimate of drug-likeness (QED) is 0.708. The SMILES string of the molecule is CC1COCCN1c1cc(N2CCN(SC3CCOC3)CC2C(F)(F)F)[nH]c(=O)c1. The van der Waals surface area contributed by atoms with Crippen molar-refractivity contribution >= 4 is 23.5 Å². The predicted octanol–water partition coefficient (Wildman–Crippen LogP) is 2.09. The zero-order valence-corrected chi connectivity index (χ0v) is 17.7. The summed E-state index contributed by atoms with van der Waals surface area (Å²) < 4.78 is 54.5. The third-order valence-electron chi connectivity index (χ3n) is 5.73. The topological polar surface area (TPSA) is 61.0 Å². The van der Waals surface area contributed by atoms with E-state index in [0.29, 0.717) is 45.2 Å². The Labute approximate surface area is 177 Å². The second-order valence-corrected chi connectivity index (χ2v) is 9.33. The molecule has 0 aromatic carbocycles. The molecule has 3 aliphatic heterocycles. The number of anilines is 2. The lowest BCUT2D eigenvalue weighted by Crippen LogP contribution is -2.58. The van der Waals surface area contributed by atoms with Crippen LogP contribution in [0.1, 0.15) is 13.3 Å². The monoisotopic (exact) mass is 448 g/mol. The van der Waals surface area contributed by atoms with Crippen LogP contribution in [0.5, 0.6) is 0 Å². The number of halogens is 3. The summed E-state index contributed by atoms with van der Waals surface area (Å²) in [6.45, 7) is 5.37. The van der Waals surface area contributed by atoms with E-state index in [0.717, 1.165) is 6.42 Å². The number of pyridine rings is 1. The largest absolute Gasteiger partial charge is 0.410 e. The van der Waals surface area contributed by atoms with Crippen molar-refractivity contribution in [3.63, 3.8) is 0 Å². The number of hydrogen-bond donors (Lipinski definition) is 1. The van der Waals surface area contributed by atoms with E-state index in [1.165, 1.54) is 22.9 Å². The zero-order valence-electron chi connectivity index (χ0n) is 16.9. The molecule has 0 saturated carbocycles. The van der Waals surface area contributed by atoms with E-state index in [1.54, 1.807) is 10.4 Å². The molecule has 1 N–H and O–H groups in total. The molecule has 1 aromatic rings. The molecule has 3 fully saturated rings. The molecule has 1 aromatic heterocycles. The van der Waals surface area contributed by atoms with Crippen molar-refractivity contribution in [1.82, 2.24) is 9.29 Å². The van der Waals surface area contributed by atoms with Crippen molar-refractivity contribution in [3.05, 3.63) is 22.5 Å². The number of alkyl halides is 3. The van der Waals surface area contributed by atoms with Gasteiger partial charge in [-0.3, -0.25) is 4.79 Å². The van der Waals surface area contributed by atoms with Gasteiger partial charge in [0, 0.05) is 61.9 Å². The van der Waals surface area contributed by atoms with Crippen LogP contribution in [0.4, 0.5) is 24.7 Å². The van der Waals surface area contributed by atoms with E-state index in [-0.39, 0.29) is 30.2 Å². The molecule has 4 rings (SSSR count). The molecule has 3 saturated heterocycles. The minimum absolute atomic E-state index is 0.0497. The number of morpholine rings is 1. The number of rotatable bonds is 4. The van der Waals surface area contributed by atoms with Crippen LogP contribution in [0.2, 0.25) is 0 Å². The summed E-state index contributed by atoms with van der Waals surface area (Å²) in [4.78, 5) is 18.2. The maximum atomic E-state index is 14.0.